The van der Waals surface area contributed by atoms with Gasteiger partial charge in [0.1, 0.15) is 0 Å². The van der Waals surface area contributed by atoms with Crippen molar-refractivity contribution in [3.05, 3.63) is 63.9 Å². The number of amides is 1. The van der Waals surface area contributed by atoms with Gasteiger partial charge in [-0.05, 0) is 38.1 Å². The lowest BCUT2D eigenvalue weighted by Crippen LogP contribution is -2.13. The maximum Gasteiger partial charge on any atom is 0.255 e. The van der Waals surface area contributed by atoms with E-state index in [0.717, 1.165) is 11.1 Å². The van der Waals surface area contributed by atoms with E-state index in [4.69, 9.17) is 11.6 Å². The second-order valence-electron chi connectivity index (χ2n) is 4.43. The molecule has 2 aromatic rings. The van der Waals surface area contributed by atoms with Gasteiger partial charge >= 0.3 is 0 Å². The SMILES string of the molecule is Cc1cc(C)cc(C(=O)Nc2cccc(Cl)c2F)c1. The van der Waals surface area contributed by atoms with E-state index in [1.165, 1.54) is 12.1 Å². The van der Waals surface area contributed by atoms with E-state index < -0.39 is 5.82 Å². The first-order chi connectivity index (χ1) is 8.97. The lowest BCUT2D eigenvalue weighted by atomic mass is 10.1. The Morgan fingerprint density at radius 3 is 2.42 bits per heavy atom. The van der Waals surface area contributed by atoms with Crippen molar-refractivity contribution in [2.75, 3.05) is 5.32 Å². The molecule has 0 bridgehead atoms. The standard InChI is InChI=1S/C15H13ClFNO/c1-9-6-10(2)8-11(7-9)15(19)18-13-5-3-4-12(16)14(13)17/h3-8H,1-2H3,(H,18,19). The second kappa shape index (κ2) is 5.41. The summed E-state index contributed by atoms with van der Waals surface area (Å²) in [4.78, 5) is 12.1. The smallest absolute Gasteiger partial charge is 0.255 e. The van der Waals surface area contributed by atoms with Gasteiger partial charge in [-0.1, -0.05) is 34.9 Å². The summed E-state index contributed by atoms with van der Waals surface area (Å²) < 4.78 is 13.7. The molecule has 4 heteroatoms. The quantitative estimate of drug-likeness (QED) is 0.869. The number of carbonyl (C=O) groups excluding carboxylic acids is 1. The first kappa shape index (κ1) is 13.6. The number of aryl methyl sites for hydroxylation is 2. The van der Waals surface area contributed by atoms with Crippen LogP contribution in [-0.4, -0.2) is 5.91 Å². The van der Waals surface area contributed by atoms with Gasteiger partial charge < -0.3 is 5.32 Å². The zero-order chi connectivity index (χ0) is 14.0. The van der Waals surface area contributed by atoms with Crippen molar-refractivity contribution in [1.82, 2.24) is 0 Å². The normalized spacial score (nSPS) is 10.3. The number of nitrogens with one attached hydrogen (secondary N) is 1. The Hall–Kier alpha value is -1.87. The molecule has 0 aliphatic carbocycles. The minimum Gasteiger partial charge on any atom is -0.319 e. The molecule has 0 radical (unpaired) electrons. The molecule has 0 unspecified atom stereocenters. The molecule has 0 fully saturated rings. The molecule has 1 N–H and O–H groups in total. The Morgan fingerprint density at radius 1 is 1.16 bits per heavy atom. The molecular weight excluding hydrogens is 265 g/mol. The minimum absolute atomic E-state index is 0.0155. The lowest BCUT2D eigenvalue weighted by molar-refractivity contribution is 0.102. The van der Waals surface area contributed by atoms with Crippen LogP contribution in [-0.2, 0) is 0 Å². The molecule has 0 saturated carbocycles. The maximum atomic E-state index is 13.7. The highest BCUT2D eigenvalue weighted by atomic mass is 35.5. The highest BCUT2D eigenvalue weighted by molar-refractivity contribution is 6.31. The molecule has 19 heavy (non-hydrogen) atoms. The molecular formula is C15H13ClFNO. The van der Waals surface area contributed by atoms with Crippen LogP contribution in [0.1, 0.15) is 21.5 Å². The predicted molar refractivity (Wildman–Crippen MR) is 75.3 cm³/mol. The van der Waals surface area contributed by atoms with Crippen LogP contribution in [0.25, 0.3) is 0 Å². The van der Waals surface area contributed by atoms with Gasteiger partial charge in [-0.3, -0.25) is 4.79 Å². The van der Waals surface area contributed by atoms with Crippen LogP contribution in [0.4, 0.5) is 10.1 Å². The van der Waals surface area contributed by atoms with Gasteiger partial charge in [0, 0.05) is 5.56 Å². The molecule has 2 rings (SSSR count). The largest absolute Gasteiger partial charge is 0.319 e. The predicted octanol–water partition coefficient (Wildman–Crippen LogP) is 4.35. The Kier molecular flexibility index (Phi) is 3.86. The second-order valence-corrected chi connectivity index (χ2v) is 4.84. The summed E-state index contributed by atoms with van der Waals surface area (Å²) in [6, 6.07) is 9.97. The molecule has 0 aliphatic heterocycles. The van der Waals surface area contributed by atoms with Crippen molar-refractivity contribution in [3.63, 3.8) is 0 Å². The topological polar surface area (TPSA) is 29.1 Å². The number of halogens is 2. The summed E-state index contributed by atoms with van der Waals surface area (Å²) in [5.41, 5.74) is 2.54. The van der Waals surface area contributed by atoms with Crippen molar-refractivity contribution in [1.29, 1.82) is 0 Å². The third-order valence-electron chi connectivity index (χ3n) is 2.68. The van der Waals surface area contributed by atoms with E-state index in [0.29, 0.717) is 5.56 Å². The van der Waals surface area contributed by atoms with E-state index in [2.05, 4.69) is 5.32 Å². The number of hydrogen-bond donors (Lipinski definition) is 1. The molecule has 0 aromatic heterocycles. The zero-order valence-electron chi connectivity index (χ0n) is 10.6. The van der Waals surface area contributed by atoms with Crippen molar-refractivity contribution in [2.24, 2.45) is 0 Å². The Morgan fingerprint density at radius 2 is 1.79 bits per heavy atom. The van der Waals surface area contributed by atoms with E-state index in [-0.39, 0.29) is 16.6 Å². The van der Waals surface area contributed by atoms with Crippen molar-refractivity contribution in [3.8, 4) is 0 Å². The zero-order valence-corrected chi connectivity index (χ0v) is 11.4. The first-order valence-corrected chi connectivity index (χ1v) is 6.19. The Balaban J connectivity index is 2.28. The third-order valence-corrected chi connectivity index (χ3v) is 2.98. The number of benzene rings is 2. The number of carbonyl (C=O) groups is 1. The fraction of sp³-hybridized carbons (Fsp3) is 0.133. The Bertz CT molecular complexity index is 620. The summed E-state index contributed by atoms with van der Waals surface area (Å²) in [7, 11) is 0. The summed E-state index contributed by atoms with van der Waals surface area (Å²) >= 11 is 5.67. The molecule has 0 spiro atoms. The molecule has 0 heterocycles. The molecule has 0 saturated heterocycles. The van der Waals surface area contributed by atoms with E-state index >= 15 is 0 Å². The summed E-state index contributed by atoms with van der Waals surface area (Å²) in [5, 5.41) is 2.51. The van der Waals surface area contributed by atoms with Gasteiger partial charge in [0.05, 0.1) is 10.7 Å². The van der Waals surface area contributed by atoms with Gasteiger partial charge in [-0.2, -0.15) is 0 Å². The molecule has 2 nitrogen and oxygen atoms in total. The van der Waals surface area contributed by atoms with Crippen molar-refractivity contribution >= 4 is 23.2 Å². The van der Waals surface area contributed by atoms with Crippen LogP contribution in [0.2, 0.25) is 5.02 Å². The van der Waals surface area contributed by atoms with Crippen LogP contribution in [0.3, 0.4) is 0 Å². The van der Waals surface area contributed by atoms with Crippen molar-refractivity contribution < 1.29 is 9.18 Å². The number of rotatable bonds is 2. The number of anilines is 1. The monoisotopic (exact) mass is 277 g/mol. The van der Waals surface area contributed by atoms with Crippen LogP contribution >= 0.6 is 11.6 Å². The van der Waals surface area contributed by atoms with Gasteiger partial charge in [0.25, 0.3) is 5.91 Å². The van der Waals surface area contributed by atoms with Crippen molar-refractivity contribution in [2.45, 2.75) is 13.8 Å². The average molecular weight is 278 g/mol. The van der Waals surface area contributed by atoms with E-state index in [1.807, 2.05) is 19.9 Å². The molecule has 98 valence electrons. The maximum absolute atomic E-state index is 13.7. The van der Waals surface area contributed by atoms with Crippen LogP contribution in [0.5, 0.6) is 0 Å². The van der Waals surface area contributed by atoms with Gasteiger partial charge in [0.2, 0.25) is 0 Å². The molecule has 2 aromatic carbocycles. The number of hydrogen-bond acceptors (Lipinski definition) is 1. The fourth-order valence-electron chi connectivity index (χ4n) is 1.90. The molecule has 0 aliphatic rings. The van der Waals surface area contributed by atoms with E-state index in [9.17, 15) is 9.18 Å². The van der Waals surface area contributed by atoms with Crippen LogP contribution < -0.4 is 5.32 Å². The molecule has 0 atom stereocenters. The third kappa shape index (κ3) is 3.12. The summed E-state index contributed by atoms with van der Waals surface area (Å²) in [6.07, 6.45) is 0. The average Bonchev–Trinajstić information content (AvgIpc) is 2.33. The minimum atomic E-state index is -0.623. The fourth-order valence-corrected chi connectivity index (χ4v) is 2.08. The summed E-state index contributed by atoms with van der Waals surface area (Å²) in [5.74, 6) is -0.977. The lowest BCUT2D eigenvalue weighted by Gasteiger charge is -2.08. The van der Waals surface area contributed by atoms with Crippen LogP contribution in [0, 0.1) is 19.7 Å². The van der Waals surface area contributed by atoms with E-state index in [1.54, 1.807) is 18.2 Å². The Labute approximate surface area is 116 Å². The van der Waals surface area contributed by atoms with Gasteiger partial charge in [0.15, 0.2) is 5.82 Å². The van der Waals surface area contributed by atoms with Gasteiger partial charge in [-0.15, -0.1) is 0 Å². The summed E-state index contributed by atoms with van der Waals surface area (Å²) in [6.45, 7) is 3.81. The van der Waals surface area contributed by atoms with Gasteiger partial charge in [-0.25, -0.2) is 4.39 Å². The highest BCUT2D eigenvalue weighted by Gasteiger charge is 2.11. The molecule has 1 amide bonds. The first-order valence-electron chi connectivity index (χ1n) is 5.81. The highest BCUT2D eigenvalue weighted by Crippen LogP contribution is 2.22. The van der Waals surface area contributed by atoms with Crippen LogP contribution in [0.15, 0.2) is 36.4 Å².